The summed E-state index contributed by atoms with van der Waals surface area (Å²) in [4.78, 5) is 24.5. The maximum Gasteiger partial charge on any atom is 0.573 e. The SMILES string of the molecule is O=C(O)c1cc(=O)[nH]cc1-c1ccc(OC(F)(F)F)cc1. The molecule has 2 N–H and O–H groups in total. The number of nitrogens with one attached hydrogen (secondary N) is 1. The van der Waals surface area contributed by atoms with Gasteiger partial charge in [-0.25, -0.2) is 4.79 Å². The van der Waals surface area contributed by atoms with Gasteiger partial charge in [0.2, 0.25) is 5.56 Å². The van der Waals surface area contributed by atoms with Gasteiger partial charge in [-0.15, -0.1) is 13.2 Å². The van der Waals surface area contributed by atoms with E-state index < -0.39 is 23.6 Å². The van der Waals surface area contributed by atoms with Crippen LogP contribution in [0.4, 0.5) is 13.2 Å². The molecule has 0 saturated heterocycles. The number of pyridine rings is 1. The van der Waals surface area contributed by atoms with Gasteiger partial charge in [-0.05, 0) is 17.7 Å². The maximum atomic E-state index is 12.0. The molecule has 1 heterocycles. The summed E-state index contributed by atoms with van der Waals surface area (Å²) in [6.45, 7) is 0. The van der Waals surface area contributed by atoms with E-state index in [2.05, 4.69) is 9.72 Å². The summed E-state index contributed by atoms with van der Waals surface area (Å²) >= 11 is 0. The van der Waals surface area contributed by atoms with Crippen molar-refractivity contribution in [2.24, 2.45) is 0 Å². The Morgan fingerprint density at radius 2 is 1.81 bits per heavy atom. The monoisotopic (exact) mass is 299 g/mol. The molecule has 21 heavy (non-hydrogen) atoms. The first-order valence-corrected chi connectivity index (χ1v) is 5.58. The molecule has 0 saturated carbocycles. The Kier molecular flexibility index (Phi) is 3.70. The van der Waals surface area contributed by atoms with Crippen LogP contribution in [0, 0.1) is 0 Å². The van der Waals surface area contributed by atoms with E-state index in [1.807, 2.05) is 0 Å². The van der Waals surface area contributed by atoms with Crippen molar-refractivity contribution in [3.63, 3.8) is 0 Å². The Balaban J connectivity index is 2.40. The lowest BCUT2D eigenvalue weighted by molar-refractivity contribution is -0.274. The molecule has 2 rings (SSSR count). The minimum absolute atomic E-state index is 0.181. The Morgan fingerprint density at radius 1 is 1.19 bits per heavy atom. The van der Waals surface area contributed by atoms with E-state index in [1.54, 1.807) is 0 Å². The minimum atomic E-state index is -4.80. The molecular weight excluding hydrogens is 291 g/mol. The number of aromatic carboxylic acids is 1. The summed E-state index contributed by atoms with van der Waals surface area (Å²) < 4.78 is 39.8. The normalized spacial score (nSPS) is 11.2. The largest absolute Gasteiger partial charge is 0.573 e. The van der Waals surface area contributed by atoms with E-state index >= 15 is 0 Å². The number of rotatable bonds is 3. The second-order valence-corrected chi connectivity index (χ2v) is 4.00. The second kappa shape index (κ2) is 5.31. The van der Waals surface area contributed by atoms with Gasteiger partial charge in [0, 0.05) is 17.8 Å². The molecule has 0 aliphatic carbocycles. The number of carboxylic acids is 1. The van der Waals surface area contributed by atoms with Crippen LogP contribution in [0.15, 0.2) is 41.3 Å². The first-order valence-electron chi connectivity index (χ1n) is 5.58. The van der Waals surface area contributed by atoms with Gasteiger partial charge in [0.15, 0.2) is 0 Å². The number of halogens is 3. The highest BCUT2D eigenvalue weighted by Gasteiger charge is 2.31. The molecule has 0 spiro atoms. The fourth-order valence-corrected chi connectivity index (χ4v) is 1.72. The Morgan fingerprint density at radius 3 is 2.33 bits per heavy atom. The van der Waals surface area contributed by atoms with Gasteiger partial charge < -0.3 is 14.8 Å². The molecule has 0 amide bonds. The highest BCUT2D eigenvalue weighted by molar-refractivity contribution is 5.95. The van der Waals surface area contributed by atoms with Crippen molar-refractivity contribution in [2.75, 3.05) is 0 Å². The van der Waals surface area contributed by atoms with Gasteiger partial charge >= 0.3 is 12.3 Å². The quantitative estimate of drug-likeness (QED) is 0.913. The van der Waals surface area contributed by atoms with Crippen molar-refractivity contribution in [3.05, 3.63) is 52.4 Å². The topological polar surface area (TPSA) is 79.4 Å². The molecular formula is C13H8F3NO4. The van der Waals surface area contributed by atoms with Crippen LogP contribution in [0.2, 0.25) is 0 Å². The molecule has 0 atom stereocenters. The number of benzene rings is 1. The standard InChI is InChI=1S/C13H8F3NO4/c14-13(15,16)21-8-3-1-7(2-4-8)10-6-17-11(18)5-9(10)12(19)20/h1-6H,(H,17,18)(H,19,20). The Bertz CT molecular complexity index is 719. The van der Waals surface area contributed by atoms with E-state index in [9.17, 15) is 22.8 Å². The van der Waals surface area contributed by atoms with Crippen molar-refractivity contribution in [1.82, 2.24) is 4.98 Å². The van der Waals surface area contributed by atoms with Gasteiger partial charge in [-0.1, -0.05) is 12.1 Å². The molecule has 0 fully saturated rings. The van der Waals surface area contributed by atoms with E-state index in [-0.39, 0.29) is 11.1 Å². The maximum absolute atomic E-state index is 12.0. The third-order valence-corrected chi connectivity index (χ3v) is 2.55. The van der Waals surface area contributed by atoms with Crippen LogP contribution in [0.25, 0.3) is 11.1 Å². The average Bonchev–Trinajstić information content (AvgIpc) is 2.38. The minimum Gasteiger partial charge on any atom is -0.478 e. The van der Waals surface area contributed by atoms with Gasteiger partial charge in [0.25, 0.3) is 0 Å². The van der Waals surface area contributed by atoms with Crippen LogP contribution in [0.5, 0.6) is 5.75 Å². The first-order chi connectivity index (χ1) is 9.76. The van der Waals surface area contributed by atoms with Crippen molar-refractivity contribution in [1.29, 1.82) is 0 Å². The smallest absolute Gasteiger partial charge is 0.478 e. The molecule has 8 heteroatoms. The highest BCUT2D eigenvalue weighted by atomic mass is 19.4. The Labute approximate surface area is 115 Å². The Hall–Kier alpha value is -2.77. The molecule has 0 bridgehead atoms. The van der Waals surface area contributed by atoms with Gasteiger partial charge in [0.05, 0.1) is 5.56 Å². The number of aromatic nitrogens is 1. The zero-order valence-electron chi connectivity index (χ0n) is 10.3. The van der Waals surface area contributed by atoms with Crippen molar-refractivity contribution in [2.45, 2.75) is 6.36 Å². The van der Waals surface area contributed by atoms with Crippen LogP contribution in [-0.2, 0) is 0 Å². The van der Waals surface area contributed by atoms with Crippen LogP contribution in [0.1, 0.15) is 10.4 Å². The van der Waals surface area contributed by atoms with E-state index in [1.165, 1.54) is 18.3 Å². The van der Waals surface area contributed by atoms with Crippen LogP contribution in [0.3, 0.4) is 0 Å². The third kappa shape index (κ3) is 3.62. The van der Waals surface area contributed by atoms with Gasteiger partial charge in [-0.2, -0.15) is 0 Å². The first kappa shape index (κ1) is 14.6. The molecule has 0 radical (unpaired) electrons. The molecule has 0 aliphatic rings. The summed E-state index contributed by atoms with van der Waals surface area (Å²) in [6, 6.07) is 5.54. The number of ether oxygens (including phenoxy) is 1. The lowest BCUT2D eigenvalue weighted by atomic mass is 10.0. The zero-order chi connectivity index (χ0) is 15.6. The summed E-state index contributed by atoms with van der Waals surface area (Å²) in [5.41, 5.74) is -0.324. The fraction of sp³-hybridized carbons (Fsp3) is 0.0769. The summed E-state index contributed by atoms with van der Waals surface area (Å²) in [5.74, 6) is -1.74. The number of aromatic amines is 1. The third-order valence-electron chi connectivity index (χ3n) is 2.55. The predicted octanol–water partition coefficient (Wildman–Crippen LogP) is 2.64. The lowest BCUT2D eigenvalue weighted by Gasteiger charge is -2.10. The summed E-state index contributed by atoms with van der Waals surface area (Å²) in [5, 5.41) is 9.03. The highest BCUT2D eigenvalue weighted by Crippen LogP contribution is 2.27. The van der Waals surface area contributed by atoms with Gasteiger partial charge in [0.1, 0.15) is 5.75 Å². The van der Waals surface area contributed by atoms with E-state index in [0.717, 1.165) is 18.2 Å². The molecule has 2 aromatic rings. The summed E-state index contributed by atoms with van der Waals surface area (Å²) in [6.07, 6.45) is -3.61. The number of carbonyl (C=O) groups is 1. The number of carboxylic acid groups (broad SMARTS) is 1. The molecule has 0 unspecified atom stereocenters. The molecule has 0 aliphatic heterocycles. The number of H-pyrrole nitrogens is 1. The number of hydrogen-bond donors (Lipinski definition) is 2. The molecule has 1 aromatic heterocycles. The van der Waals surface area contributed by atoms with Crippen LogP contribution in [-0.4, -0.2) is 22.4 Å². The summed E-state index contributed by atoms with van der Waals surface area (Å²) in [7, 11) is 0. The average molecular weight is 299 g/mol. The number of hydrogen-bond acceptors (Lipinski definition) is 3. The van der Waals surface area contributed by atoms with E-state index in [0.29, 0.717) is 5.56 Å². The van der Waals surface area contributed by atoms with Crippen molar-refractivity contribution >= 4 is 5.97 Å². The lowest BCUT2D eigenvalue weighted by Crippen LogP contribution is -2.17. The van der Waals surface area contributed by atoms with Crippen molar-refractivity contribution in [3.8, 4) is 16.9 Å². The second-order valence-electron chi connectivity index (χ2n) is 4.00. The predicted molar refractivity (Wildman–Crippen MR) is 66.1 cm³/mol. The van der Waals surface area contributed by atoms with E-state index in [4.69, 9.17) is 5.11 Å². The van der Waals surface area contributed by atoms with Crippen LogP contribution >= 0.6 is 0 Å². The molecule has 110 valence electrons. The van der Waals surface area contributed by atoms with Crippen LogP contribution < -0.4 is 10.3 Å². The number of alkyl halides is 3. The van der Waals surface area contributed by atoms with Crippen molar-refractivity contribution < 1.29 is 27.8 Å². The fourth-order valence-electron chi connectivity index (χ4n) is 1.72. The van der Waals surface area contributed by atoms with Gasteiger partial charge in [-0.3, -0.25) is 4.79 Å². The zero-order valence-corrected chi connectivity index (χ0v) is 10.3. The molecule has 1 aromatic carbocycles. The molecule has 5 nitrogen and oxygen atoms in total.